The number of hydrogen-bond donors (Lipinski definition) is 3. The second-order valence-corrected chi connectivity index (χ2v) is 5.97. The zero-order valence-electron chi connectivity index (χ0n) is 12.3. The number of carboxylic acid groups (broad SMARTS) is 1. The fraction of sp³-hybridized carbons (Fsp3) is 0.412. The predicted molar refractivity (Wildman–Crippen MR) is 83.5 cm³/mol. The van der Waals surface area contributed by atoms with Crippen molar-refractivity contribution in [2.45, 2.75) is 38.1 Å². The van der Waals surface area contributed by atoms with E-state index in [-0.39, 0.29) is 17.9 Å². The first-order valence-corrected chi connectivity index (χ1v) is 7.70. The summed E-state index contributed by atoms with van der Waals surface area (Å²) >= 11 is 0. The highest BCUT2D eigenvalue weighted by Gasteiger charge is 2.30. The Labute approximate surface area is 128 Å². The molecule has 0 spiro atoms. The summed E-state index contributed by atoms with van der Waals surface area (Å²) in [6.07, 6.45) is 5.03. The number of carboxylic acids is 1. The number of aliphatic carboxylic acids is 1. The molecule has 5 heteroatoms. The molecule has 1 aromatic heterocycles. The van der Waals surface area contributed by atoms with E-state index < -0.39 is 5.97 Å². The van der Waals surface area contributed by atoms with Crippen LogP contribution in [0.1, 0.15) is 31.2 Å². The number of aromatic nitrogens is 1. The van der Waals surface area contributed by atoms with Crippen LogP contribution in [0.5, 0.6) is 0 Å². The van der Waals surface area contributed by atoms with Gasteiger partial charge in [-0.15, -0.1) is 0 Å². The molecule has 0 radical (unpaired) electrons. The van der Waals surface area contributed by atoms with Crippen molar-refractivity contribution in [3.63, 3.8) is 0 Å². The molecule has 1 aliphatic carbocycles. The summed E-state index contributed by atoms with van der Waals surface area (Å²) in [7, 11) is 0. The molecule has 2 atom stereocenters. The number of rotatable bonds is 5. The Morgan fingerprint density at radius 1 is 1.27 bits per heavy atom. The SMILES string of the molecule is O=C(CCc1c[nH]c2ccccc12)N[C@H]1CC[C@@H](C(=O)O)C1. The number of aryl methyl sites for hydroxylation is 1. The Bertz CT molecular complexity index is 692. The maximum Gasteiger partial charge on any atom is 0.306 e. The van der Waals surface area contributed by atoms with Gasteiger partial charge in [0.15, 0.2) is 0 Å². The highest BCUT2D eigenvalue weighted by atomic mass is 16.4. The number of para-hydroxylation sites is 1. The van der Waals surface area contributed by atoms with Gasteiger partial charge in [0.1, 0.15) is 0 Å². The van der Waals surface area contributed by atoms with Crippen LogP contribution in [0.3, 0.4) is 0 Å². The standard InChI is InChI=1S/C17H20N2O3/c20-16(19-13-7-5-11(9-13)17(21)22)8-6-12-10-18-15-4-2-1-3-14(12)15/h1-4,10-11,13,18H,5-9H2,(H,19,20)(H,21,22)/t11-,13+/m1/s1. The molecule has 1 aliphatic rings. The molecule has 1 fully saturated rings. The van der Waals surface area contributed by atoms with E-state index in [0.717, 1.165) is 22.9 Å². The Balaban J connectivity index is 1.52. The minimum Gasteiger partial charge on any atom is -0.481 e. The molecule has 3 rings (SSSR count). The largest absolute Gasteiger partial charge is 0.481 e. The van der Waals surface area contributed by atoms with Crippen molar-refractivity contribution in [2.75, 3.05) is 0 Å². The van der Waals surface area contributed by atoms with Crippen LogP contribution in [0.4, 0.5) is 0 Å². The Hall–Kier alpha value is -2.30. The molecule has 0 saturated heterocycles. The first kappa shape index (κ1) is 14.6. The third kappa shape index (κ3) is 3.13. The Morgan fingerprint density at radius 3 is 2.86 bits per heavy atom. The summed E-state index contributed by atoms with van der Waals surface area (Å²) < 4.78 is 0. The lowest BCUT2D eigenvalue weighted by Gasteiger charge is -2.12. The molecule has 1 amide bonds. The van der Waals surface area contributed by atoms with Crippen LogP contribution < -0.4 is 5.32 Å². The molecule has 1 aromatic carbocycles. The van der Waals surface area contributed by atoms with Crippen LogP contribution in [0.2, 0.25) is 0 Å². The van der Waals surface area contributed by atoms with Gasteiger partial charge in [-0.3, -0.25) is 9.59 Å². The molecular formula is C17H20N2O3. The minimum atomic E-state index is -0.754. The second-order valence-electron chi connectivity index (χ2n) is 5.97. The zero-order chi connectivity index (χ0) is 15.5. The molecule has 116 valence electrons. The van der Waals surface area contributed by atoms with E-state index in [2.05, 4.69) is 10.3 Å². The molecule has 0 bridgehead atoms. The van der Waals surface area contributed by atoms with Gasteiger partial charge in [0.2, 0.25) is 5.91 Å². The smallest absolute Gasteiger partial charge is 0.306 e. The quantitative estimate of drug-likeness (QED) is 0.793. The number of amides is 1. The Morgan fingerprint density at radius 2 is 2.09 bits per heavy atom. The summed E-state index contributed by atoms with van der Waals surface area (Å²) in [4.78, 5) is 26.2. The van der Waals surface area contributed by atoms with Crippen molar-refractivity contribution in [1.82, 2.24) is 10.3 Å². The van der Waals surface area contributed by atoms with Crippen molar-refractivity contribution in [1.29, 1.82) is 0 Å². The number of H-pyrrole nitrogens is 1. The number of hydrogen-bond acceptors (Lipinski definition) is 2. The van der Waals surface area contributed by atoms with Gasteiger partial charge in [0, 0.05) is 29.6 Å². The van der Waals surface area contributed by atoms with E-state index in [1.54, 1.807) is 0 Å². The summed E-state index contributed by atoms with van der Waals surface area (Å²) in [5, 5.41) is 13.1. The van der Waals surface area contributed by atoms with Gasteiger partial charge >= 0.3 is 5.97 Å². The first-order valence-electron chi connectivity index (χ1n) is 7.70. The molecule has 0 unspecified atom stereocenters. The van der Waals surface area contributed by atoms with E-state index in [1.165, 1.54) is 0 Å². The van der Waals surface area contributed by atoms with Gasteiger partial charge < -0.3 is 15.4 Å². The Kier molecular flexibility index (Phi) is 4.13. The monoisotopic (exact) mass is 300 g/mol. The lowest BCUT2D eigenvalue weighted by molar-refractivity contribution is -0.141. The van der Waals surface area contributed by atoms with Gasteiger partial charge in [-0.25, -0.2) is 0 Å². The number of carbonyl (C=O) groups excluding carboxylic acids is 1. The average Bonchev–Trinajstić information content (AvgIpc) is 3.12. The lowest BCUT2D eigenvalue weighted by atomic mass is 10.1. The molecule has 1 heterocycles. The van der Waals surface area contributed by atoms with Gasteiger partial charge in [-0.2, -0.15) is 0 Å². The van der Waals surface area contributed by atoms with Gasteiger partial charge in [-0.05, 0) is 37.3 Å². The molecule has 5 nitrogen and oxygen atoms in total. The van der Waals surface area contributed by atoms with Crippen LogP contribution in [0.25, 0.3) is 10.9 Å². The number of nitrogens with one attached hydrogen (secondary N) is 2. The van der Waals surface area contributed by atoms with Gasteiger partial charge in [0.25, 0.3) is 0 Å². The van der Waals surface area contributed by atoms with Crippen molar-refractivity contribution in [3.8, 4) is 0 Å². The predicted octanol–water partition coefficient (Wildman–Crippen LogP) is 2.47. The zero-order valence-corrected chi connectivity index (χ0v) is 12.3. The fourth-order valence-electron chi connectivity index (χ4n) is 3.22. The van der Waals surface area contributed by atoms with Gasteiger partial charge in [-0.1, -0.05) is 18.2 Å². The average molecular weight is 300 g/mol. The molecule has 1 saturated carbocycles. The number of fused-ring (bicyclic) bond motifs is 1. The normalized spacial score (nSPS) is 21.1. The molecule has 2 aromatic rings. The van der Waals surface area contributed by atoms with E-state index >= 15 is 0 Å². The third-order valence-corrected chi connectivity index (χ3v) is 4.44. The molecule has 22 heavy (non-hydrogen) atoms. The third-order valence-electron chi connectivity index (χ3n) is 4.44. The summed E-state index contributed by atoms with van der Waals surface area (Å²) in [6, 6.07) is 8.05. The van der Waals surface area contributed by atoms with Crippen molar-refractivity contribution >= 4 is 22.8 Å². The molecule has 3 N–H and O–H groups in total. The van der Waals surface area contributed by atoms with Crippen LogP contribution >= 0.6 is 0 Å². The molecular weight excluding hydrogens is 280 g/mol. The number of aromatic amines is 1. The van der Waals surface area contributed by atoms with E-state index in [1.807, 2.05) is 30.5 Å². The maximum atomic E-state index is 12.0. The fourth-order valence-corrected chi connectivity index (χ4v) is 3.22. The van der Waals surface area contributed by atoms with Crippen LogP contribution in [-0.4, -0.2) is 28.0 Å². The summed E-state index contributed by atoms with van der Waals surface area (Å²) in [6.45, 7) is 0. The first-order chi connectivity index (χ1) is 10.6. The van der Waals surface area contributed by atoms with Crippen molar-refractivity contribution in [2.24, 2.45) is 5.92 Å². The second kappa shape index (κ2) is 6.22. The van der Waals surface area contributed by atoms with E-state index in [9.17, 15) is 9.59 Å². The van der Waals surface area contributed by atoms with Crippen molar-refractivity contribution < 1.29 is 14.7 Å². The van der Waals surface area contributed by atoms with Crippen LogP contribution in [-0.2, 0) is 16.0 Å². The van der Waals surface area contributed by atoms with Crippen LogP contribution in [0, 0.1) is 5.92 Å². The lowest BCUT2D eigenvalue weighted by Crippen LogP contribution is -2.33. The number of carbonyl (C=O) groups is 2. The topological polar surface area (TPSA) is 82.2 Å². The highest BCUT2D eigenvalue weighted by Crippen LogP contribution is 2.26. The van der Waals surface area contributed by atoms with E-state index in [4.69, 9.17) is 5.11 Å². The summed E-state index contributed by atoms with van der Waals surface area (Å²) in [5.74, 6) is -1.06. The van der Waals surface area contributed by atoms with E-state index in [0.29, 0.717) is 25.7 Å². The van der Waals surface area contributed by atoms with Crippen LogP contribution in [0.15, 0.2) is 30.5 Å². The van der Waals surface area contributed by atoms with Crippen molar-refractivity contribution in [3.05, 3.63) is 36.0 Å². The summed E-state index contributed by atoms with van der Waals surface area (Å²) in [5.41, 5.74) is 2.22. The minimum absolute atomic E-state index is 0.00122. The number of benzene rings is 1. The highest BCUT2D eigenvalue weighted by molar-refractivity contribution is 5.84. The molecule has 0 aliphatic heterocycles. The van der Waals surface area contributed by atoms with Gasteiger partial charge in [0.05, 0.1) is 5.92 Å². The maximum absolute atomic E-state index is 12.0.